The minimum atomic E-state index is 0.694. The average Bonchev–Trinajstić information content (AvgIpc) is 2.10. The Labute approximate surface area is 79.6 Å². The topological polar surface area (TPSA) is 58.2 Å². The molecule has 0 rings (SSSR count). The van der Waals surface area contributed by atoms with Crippen molar-refractivity contribution in [3.8, 4) is 0 Å². The van der Waals surface area contributed by atoms with Crippen LogP contribution in [0.3, 0.4) is 0 Å². The third-order valence-electron chi connectivity index (χ3n) is 0.909. The van der Waals surface area contributed by atoms with Crippen LogP contribution in [0.15, 0.2) is 0 Å². The highest BCUT2D eigenvalue weighted by atomic mass is 33.1. The zero-order valence-electron chi connectivity index (χ0n) is 6.62. The molecule has 6 heteroatoms. The number of rotatable bonds is 9. The second kappa shape index (κ2) is 10.6. The third-order valence-corrected chi connectivity index (χ3v) is 3.32. The van der Waals surface area contributed by atoms with E-state index in [1.807, 2.05) is 0 Å². The Balaban J connectivity index is 2.81. The van der Waals surface area contributed by atoms with E-state index in [4.69, 9.17) is 0 Å². The molecule has 0 aromatic rings. The summed E-state index contributed by atoms with van der Waals surface area (Å²) in [4.78, 5) is 19.6. The Kier molecular flexibility index (Phi) is 10.3. The fraction of sp³-hybridized carbons (Fsp3) is 0.667. The lowest BCUT2D eigenvalue weighted by Gasteiger charge is -1.99. The van der Waals surface area contributed by atoms with Gasteiger partial charge in [-0.25, -0.2) is 0 Å². The molecule has 2 amide bonds. The Morgan fingerprint density at radius 3 is 1.67 bits per heavy atom. The summed E-state index contributed by atoms with van der Waals surface area (Å²) >= 11 is 0. The van der Waals surface area contributed by atoms with Gasteiger partial charge >= 0.3 is 0 Å². The largest absolute Gasteiger partial charge is 0.358 e. The van der Waals surface area contributed by atoms with Gasteiger partial charge in [0.15, 0.2) is 0 Å². The summed E-state index contributed by atoms with van der Waals surface area (Å²) in [6.07, 6.45) is 1.39. The first-order valence-corrected chi connectivity index (χ1v) is 5.99. The van der Waals surface area contributed by atoms with E-state index in [0.717, 1.165) is 11.5 Å². The van der Waals surface area contributed by atoms with Gasteiger partial charge in [-0.05, 0) is 0 Å². The summed E-state index contributed by atoms with van der Waals surface area (Å²) < 4.78 is 0. The van der Waals surface area contributed by atoms with Crippen LogP contribution in [-0.2, 0) is 9.59 Å². The number of hydrogen-bond acceptors (Lipinski definition) is 4. The molecule has 4 nitrogen and oxygen atoms in total. The molecule has 0 spiro atoms. The van der Waals surface area contributed by atoms with E-state index in [-0.39, 0.29) is 0 Å². The smallest absolute Gasteiger partial charge is 0.207 e. The predicted molar refractivity (Wildman–Crippen MR) is 53.0 cm³/mol. The van der Waals surface area contributed by atoms with Gasteiger partial charge in [-0.2, -0.15) is 0 Å². The quantitative estimate of drug-likeness (QED) is 0.314. The van der Waals surface area contributed by atoms with Crippen LogP contribution in [0.2, 0.25) is 0 Å². The second-order valence-corrected chi connectivity index (χ2v) is 4.49. The number of nitrogens with one attached hydrogen (secondary N) is 2. The van der Waals surface area contributed by atoms with Crippen LogP contribution in [-0.4, -0.2) is 37.4 Å². The summed E-state index contributed by atoms with van der Waals surface area (Å²) in [5, 5.41) is 5.13. The Hall–Kier alpha value is -0.360. The van der Waals surface area contributed by atoms with Crippen molar-refractivity contribution < 1.29 is 9.59 Å². The van der Waals surface area contributed by atoms with Gasteiger partial charge in [-0.1, -0.05) is 21.6 Å². The maximum atomic E-state index is 9.80. The van der Waals surface area contributed by atoms with Gasteiger partial charge in [0.05, 0.1) is 0 Å². The molecular weight excluding hydrogens is 196 g/mol. The van der Waals surface area contributed by atoms with Crippen LogP contribution in [0.4, 0.5) is 0 Å². The minimum absolute atomic E-state index is 0.694. The van der Waals surface area contributed by atoms with Gasteiger partial charge in [0, 0.05) is 24.6 Å². The lowest BCUT2D eigenvalue weighted by Crippen LogP contribution is -2.15. The van der Waals surface area contributed by atoms with Crippen molar-refractivity contribution in [1.82, 2.24) is 10.6 Å². The van der Waals surface area contributed by atoms with Crippen molar-refractivity contribution >= 4 is 34.4 Å². The zero-order valence-corrected chi connectivity index (χ0v) is 8.25. The van der Waals surface area contributed by atoms with Crippen LogP contribution in [0, 0.1) is 0 Å². The van der Waals surface area contributed by atoms with Crippen LogP contribution >= 0.6 is 21.6 Å². The highest BCUT2D eigenvalue weighted by molar-refractivity contribution is 8.76. The normalized spacial score (nSPS) is 9.00. The molecule has 0 aliphatic heterocycles. The Morgan fingerprint density at radius 1 is 0.917 bits per heavy atom. The monoisotopic (exact) mass is 208 g/mol. The highest BCUT2D eigenvalue weighted by Gasteiger charge is 1.89. The van der Waals surface area contributed by atoms with E-state index in [9.17, 15) is 9.59 Å². The minimum Gasteiger partial charge on any atom is -0.358 e. The Morgan fingerprint density at radius 2 is 1.33 bits per heavy atom. The van der Waals surface area contributed by atoms with Crippen LogP contribution < -0.4 is 10.6 Å². The molecule has 0 radical (unpaired) electrons. The molecule has 0 heterocycles. The first-order chi connectivity index (χ1) is 5.91. The maximum Gasteiger partial charge on any atom is 0.207 e. The van der Waals surface area contributed by atoms with Gasteiger partial charge in [0.25, 0.3) is 0 Å². The summed E-state index contributed by atoms with van der Waals surface area (Å²) in [7, 11) is 3.37. The lowest BCUT2D eigenvalue weighted by molar-refractivity contribution is -0.110. The molecule has 0 unspecified atom stereocenters. The standard InChI is InChI=1S/C6H12N2O2S2/c9-5-7-1-3-11-12-4-2-8-6-10/h5-6H,1-4H2,(H,7,9)(H,8,10). The molecule has 0 saturated carbocycles. The first-order valence-electron chi connectivity index (χ1n) is 3.50. The summed E-state index contributed by atoms with van der Waals surface area (Å²) in [5.41, 5.74) is 0. The van der Waals surface area contributed by atoms with Crippen LogP contribution in [0.25, 0.3) is 0 Å². The highest BCUT2D eigenvalue weighted by Crippen LogP contribution is 2.18. The molecule has 0 aliphatic carbocycles. The average molecular weight is 208 g/mol. The maximum absolute atomic E-state index is 9.80. The third kappa shape index (κ3) is 9.64. The van der Waals surface area contributed by atoms with E-state index < -0.39 is 0 Å². The van der Waals surface area contributed by atoms with E-state index in [1.54, 1.807) is 21.6 Å². The fourth-order valence-corrected chi connectivity index (χ4v) is 2.28. The molecule has 0 aromatic carbocycles. The van der Waals surface area contributed by atoms with Crippen molar-refractivity contribution in [2.24, 2.45) is 0 Å². The molecule has 0 fully saturated rings. The number of carbonyl (C=O) groups is 2. The van der Waals surface area contributed by atoms with Gasteiger partial charge in [-0.15, -0.1) is 0 Å². The van der Waals surface area contributed by atoms with Crippen molar-refractivity contribution in [1.29, 1.82) is 0 Å². The number of hydrogen-bond donors (Lipinski definition) is 2. The fourth-order valence-electron chi connectivity index (χ4n) is 0.437. The van der Waals surface area contributed by atoms with Crippen LogP contribution in [0.1, 0.15) is 0 Å². The van der Waals surface area contributed by atoms with Crippen molar-refractivity contribution in [3.63, 3.8) is 0 Å². The molecule has 0 saturated heterocycles. The first kappa shape index (κ1) is 11.6. The molecule has 0 atom stereocenters. The predicted octanol–water partition coefficient (Wildman–Crippen LogP) is -0.140. The van der Waals surface area contributed by atoms with E-state index in [2.05, 4.69) is 10.6 Å². The summed E-state index contributed by atoms with van der Waals surface area (Å²) in [5.74, 6) is 1.79. The molecule has 2 N–H and O–H groups in total. The molecule has 0 aliphatic rings. The molecule has 12 heavy (non-hydrogen) atoms. The molecule has 0 bridgehead atoms. The number of carbonyl (C=O) groups excluding carboxylic acids is 2. The second-order valence-electron chi connectivity index (χ2n) is 1.79. The van der Waals surface area contributed by atoms with Crippen molar-refractivity contribution in [3.05, 3.63) is 0 Å². The van der Waals surface area contributed by atoms with Crippen LogP contribution in [0.5, 0.6) is 0 Å². The summed E-state index contributed by atoms with van der Waals surface area (Å²) in [6.45, 7) is 1.39. The van der Waals surface area contributed by atoms with E-state index in [1.165, 1.54) is 0 Å². The number of amides is 2. The van der Waals surface area contributed by atoms with Crippen molar-refractivity contribution in [2.45, 2.75) is 0 Å². The molecular formula is C6H12N2O2S2. The molecule has 70 valence electrons. The van der Waals surface area contributed by atoms with Crippen molar-refractivity contribution in [2.75, 3.05) is 24.6 Å². The van der Waals surface area contributed by atoms with E-state index in [0.29, 0.717) is 25.9 Å². The lowest BCUT2D eigenvalue weighted by atomic mass is 10.8. The zero-order chi connectivity index (χ0) is 9.07. The van der Waals surface area contributed by atoms with Gasteiger partial charge in [0.1, 0.15) is 0 Å². The van der Waals surface area contributed by atoms with Gasteiger partial charge in [-0.3, -0.25) is 9.59 Å². The van der Waals surface area contributed by atoms with Gasteiger partial charge in [0.2, 0.25) is 12.8 Å². The SMILES string of the molecule is O=CNCCSSCCNC=O. The van der Waals surface area contributed by atoms with E-state index >= 15 is 0 Å². The molecule has 0 aromatic heterocycles. The Bertz CT molecular complexity index is 110. The summed E-state index contributed by atoms with van der Waals surface area (Å²) in [6, 6.07) is 0. The van der Waals surface area contributed by atoms with Gasteiger partial charge < -0.3 is 10.6 Å².